The summed E-state index contributed by atoms with van der Waals surface area (Å²) in [7, 11) is 0. The maximum absolute atomic E-state index is 10.7. The molecule has 0 atom stereocenters. The Morgan fingerprint density at radius 1 is 1.38 bits per heavy atom. The zero-order chi connectivity index (χ0) is 10.1. The first-order valence-corrected chi connectivity index (χ1v) is 4.74. The molecule has 76 valence electrons. The van der Waals surface area contributed by atoms with Crippen LogP contribution in [0.25, 0.3) is 0 Å². The van der Waals surface area contributed by atoms with E-state index in [-0.39, 0.29) is 0 Å². The van der Waals surface area contributed by atoms with Crippen molar-refractivity contribution in [2.24, 2.45) is 0 Å². The van der Waals surface area contributed by atoms with Crippen molar-refractivity contribution in [3.63, 3.8) is 0 Å². The molecule has 3 nitrogen and oxygen atoms in total. The van der Waals surface area contributed by atoms with Crippen molar-refractivity contribution in [1.29, 1.82) is 0 Å². The van der Waals surface area contributed by atoms with Crippen molar-refractivity contribution in [1.82, 2.24) is 0 Å². The molecule has 0 aromatic carbocycles. The van der Waals surface area contributed by atoms with Gasteiger partial charge in [-0.05, 0) is 19.8 Å². The number of allylic oxidation sites excluding steroid dienone is 1. The minimum Gasteiger partial charge on any atom is -0.296 e. The largest absolute Gasteiger partial charge is 0.368 e. The minimum atomic E-state index is -0.657. The van der Waals surface area contributed by atoms with Crippen LogP contribution in [0.4, 0.5) is 0 Å². The highest BCUT2D eigenvalue weighted by molar-refractivity contribution is 5.87. The van der Waals surface area contributed by atoms with Crippen molar-refractivity contribution in [2.75, 3.05) is 0 Å². The quantitative estimate of drug-likeness (QED) is 0.300. The standard InChI is InChI=1S/C10H18O3/c1-3-4-5-6-7-8-9(2)10(11)13-12/h8,12H,3-7H2,1-2H3. The first-order chi connectivity index (χ1) is 6.22. The molecular formula is C10H18O3. The van der Waals surface area contributed by atoms with Crippen molar-refractivity contribution in [2.45, 2.75) is 46.0 Å². The van der Waals surface area contributed by atoms with Gasteiger partial charge in [-0.2, -0.15) is 5.26 Å². The number of hydrogen-bond donors (Lipinski definition) is 1. The van der Waals surface area contributed by atoms with E-state index in [1.807, 2.05) is 0 Å². The molecule has 1 N–H and O–H groups in total. The summed E-state index contributed by atoms with van der Waals surface area (Å²) in [5, 5.41) is 8.06. The number of unbranched alkanes of at least 4 members (excludes halogenated alkanes) is 4. The monoisotopic (exact) mass is 186 g/mol. The summed E-state index contributed by atoms with van der Waals surface area (Å²) in [6, 6.07) is 0. The topological polar surface area (TPSA) is 46.5 Å². The molecule has 0 spiro atoms. The predicted molar refractivity (Wildman–Crippen MR) is 51.2 cm³/mol. The highest BCUT2D eigenvalue weighted by atomic mass is 17.1. The van der Waals surface area contributed by atoms with Gasteiger partial charge >= 0.3 is 5.97 Å². The fraction of sp³-hybridized carbons (Fsp3) is 0.700. The van der Waals surface area contributed by atoms with Gasteiger partial charge in [0.25, 0.3) is 0 Å². The summed E-state index contributed by atoms with van der Waals surface area (Å²) in [5.41, 5.74) is 0.471. The van der Waals surface area contributed by atoms with Crippen molar-refractivity contribution >= 4 is 5.97 Å². The maximum atomic E-state index is 10.7. The van der Waals surface area contributed by atoms with Gasteiger partial charge in [0.15, 0.2) is 0 Å². The molecule has 0 aromatic rings. The van der Waals surface area contributed by atoms with E-state index in [0.717, 1.165) is 12.8 Å². The second-order valence-corrected chi connectivity index (χ2v) is 3.12. The third-order valence-corrected chi connectivity index (χ3v) is 1.91. The van der Waals surface area contributed by atoms with E-state index < -0.39 is 5.97 Å². The second kappa shape index (κ2) is 7.80. The number of hydrogen-bond acceptors (Lipinski definition) is 3. The summed E-state index contributed by atoms with van der Waals surface area (Å²) >= 11 is 0. The Morgan fingerprint density at radius 3 is 2.62 bits per heavy atom. The van der Waals surface area contributed by atoms with Crippen LogP contribution in [0.15, 0.2) is 11.6 Å². The Labute approximate surface area is 79.3 Å². The van der Waals surface area contributed by atoms with Gasteiger partial charge in [-0.15, -0.1) is 0 Å². The molecule has 0 saturated carbocycles. The van der Waals surface area contributed by atoms with Crippen LogP contribution in [0.3, 0.4) is 0 Å². The smallest absolute Gasteiger partial charge is 0.296 e. The number of carbonyl (C=O) groups is 1. The van der Waals surface area contributed by atoms with Gasteiger partial charge in [0.05, 0.1) is 0 Å². The second-order valence-electron chi connectivity index (χ2n) is 3.12. The molecule has 0 bridgehead atoms. The van der Waals surface area contributed by atoms with E-state index >= 15 is 0 Å². The molecule has 0 saturated heterocycles. The van der Waals surface area contributed by atoms with Gasteiger partial charge in [-0.25, -0.2) is 4.79 Å². The fourth-order valence-electron chi connectivity index (χ4n) is 1.05. The van der Waals surface area contributed by atoms with Crippen LogP contribution in [0.1, 0.15) is 46.0 Å². The molecule has 3 heteroatoms. The Morgan fingerprint density at radius 2 is 2.08 bits per heavy atom. The third kappa shape index (κ3) is 6.34. The molecule has 0 aliphatic carbocycles. The average molecular weight is 186 g/mol. The highest BCUT2D eigenvalue weighted by Gasteiger charge is 2.02. The van der Waals surface area contributed by atoms with Crippen LogP contribution in [-0.4, -0.2) is 11.2 Å². The molecule has 0 aliphatic heterocycles. The lowest BCUT2D eigenvalue weighted by atomic mass is 10.1. The zero-order valence-electron chi connectivity index (χ0n) is 8.38. The Kier molecular flexibility index (Phi) is 7.30. The van der Waals surface area contributed by atoms with Gasteiger partial charge < -0.3 is 0 Å². The van der Waals surface area contributed by atoms with Crippen LogP contribution in [-0.2, 0) is 9.68 Å². The van der Waals surface area contributed by atoms with Gasteiger partial charge in [0.2, 0.25) is 0 Å². The van der Waals surface area contributed by atoms with E-state index in [4.69, 9.17) is 5.26 Å². The van der Waals surface area contributed by atoms with Gasteiger partial charge in [0, 0.05) is 5.57 Å². The van der Waals surface area contributed by atoms with Crippen LogP contribution >= 0.6 is 0 Å². The van der Waals surface area contributed by atoms with Crippen LogP contribution in [0.5, 0.6) is 0 Å². The molecule has 0 radical (unpaired) electrons. The molecule has 0 heterocycles. The SMILES string of the molecule is CCCCCCC=C(C)C(=O)OO. The molecule has 0 aromatic heterocycles. The molecule has 0 unspecified atom stereocenters. The van der Waals surface area contributed by atoms with Crippen LogP contribution < -0.4 is 0 Å². The minimum absolute atomic E-state index is 0.471. The van der Waals surface area contributed by atoms with Crippen molar-refractivity contribution in [3.05, 3.63) is 11.6 Å². The summed E-state index contributed by atoms with van der Waals surface area (Å²) < 4.78 is 0. The first-order valence-electron chi connectivity index (χ1n) is 4.74. The van der Waals surface area contributed by atoms with Crippen molar-refractivity contribution in [3.8, 4) is 0 Å². The molecule has 0 aliphatic rings. The summed E-state index contributed by atoms with van der Waals surface area (Å²) in [5.74, 6) is -0.657. The van der Waals surface area contributed by atoms with E-state index in [9.17, 15) is 4.79 Å². The molecule has 13 heavy (non-hydrogen) atoms. The first kappa shape index (κ1) is 12.2. The lowest BCUT2D eigenvalue weighted by Gasteiger charge is -1.97. The van der Waals surface area contributed by atoms with Crippen LogP contribution in [0, 0.1) is 0 Å². The molecule has 0 rings (SSSR count). The number of carbonyl (C=O) groups excluding carboxylic acids is 1. The third-order valence-electron chi connectivity index (χ3n) is 1.91. The molecule has 0 fully saturated rings. The Balaban J connectivity index is 3.53. The summed E-state index contributed by atoms with van der Waals surface area (Å²) in [4.78, 5) is 14.3. The summed E-state index contributed by atoms with van der Waals surface area (Å²) in [6.07, 6.45) is 7.40. The Bertz CT molecular complexity index is 173. The normalized spacial score (nSPS) is 11.5. The highest BCUT2D eigenvalue weighted by Crippen LogP contribution is 2.05. The van der Waals surface area contributed by atoms with E-state index in [2.05, 4.69) is 11.8 Å². The lowest BCUT2D eigenvalue weighted by Crippen LogP contribution is -2.01. The lowest BCUT2D eigenvalue weighted by molar-refractivity contribution is -0.229. The average Bonchev–Trinajstić information content (AvgIpc) is 2.16. The molecule has 0 amide bonds. The predicted octanol–water partition coefficient (Wildman–Crippen LogP) is 2.92. The van der Waals surface area contributed by atoms with Crippen LogP contribution in [0.2, 0.25) is 0 Å². The Hall–Kier alpha value is -0.830. The van der Waals surface area contributed by atoms with Crippen molar-refractivity contribution < 1.29 is 14.9 Å². The maximum Gasteiger partial charge on any atom is 0.368 e. The van der Waals surface area contributed by atoms with Gasteiger partial charge in [-0.3, -0.25) is 4.89 Å². The van der Waals surface area contributed by atoms with E-state index in [1.165, 1.54) is 19.3 Å². The molecular weight excluding hydrogens is 168 g/mol. The number of rotatable bonds is 6. The van der Waals surface area contributed by atoms with E-state index in [0.29, 0.717) is 5.57 Å². The zero-order valence-corrected chi connectivity index (χ0v) is 8.38. The van der Waals surface area contributed by atoms with Gasteiger partial charge in [0.1, 0.15) is 0 Å². The summed E-state index contributed by atoms with van der Waals surface area (Å²) in [6.45, 7) is 3.79. The fourth-order valence-corrected chi connectivity index (χ4v) is 1.05. The van der Waals surface area contributed by atoms with E-state index in [1.54, 1.807) is 13.0 Å². The van der Waals surface area contributed by atoms with Gasteiger partial charge in [-0.1, -0.05) is 32.3 Å².